The molecule has 0 fully saturated rings. The van der Waals surface area contributed by atoms with E-state index in [2.05, 4.69) is 21.2 Å². The lowest BCUT2D eigenvalue weighted by atomic mass is 10.0. The normalized spacial score (nSPS) is 14.8. The van der Waals surface area contributed by atoms with Crippen LogP contribution in [0.4, 0.5) is 5.69 Å². The van der Waals surface area contributed by atoms with Gasteiger partial charge in [0.15, 0.2) is 0 Å². The summed E-state index contributed by atoms with van der Waals surface area (Å²) in [4.78, 5) is 0. The molecule has 1 aromatic carbocycles. The van der Waals surface area contributed by atoms with E-state index in [0.717, 1.165) is 5.69 Å². The molecule has 0 aliphatic rings. The van der Waals surface area contributed by atoms with E-state index in [9.17, 15) is 5.11 Å². The lowest BCUT2D eigenvalue weighted by molar-refractivity contribution is 0.127. The third-order valence-electron chi connectivity index (χ3n) is 2.50. The summed E-state index contributed by atoms with van der Waals surface area (Å²) in [5.41, 5.74) is 0.833. The Morgan fingerprint density at radius 1 is 1.67 bits per heavy atom. The molecule has 18 heavy (non-hydrogen) atoms. The maximum absolute atomic E-state index is 10.2. The van der Waals surface area contributed by atoms with Crippen molar-refractivity contribution < 1.29 is 5.11 Å². The van der Waals surface area contributed by atoms with Crippen molar-refractivity contribution in [1.29, 1.82) is 5.26 Å². The number of hydrogen-bond donors (Lipinski definition) is 2. The smallest absolute Gasteiger partial charge is 0.111 e. The van der Waals surface area contributed by atoms with Crippen molar-refractivity contribution >= 4 is 33.2 Å². The second-order valence-electron chi connectivity index (χ2n) is 4.04. The van der Waals surface area contributed by atoms with Crippen LogP contribution in [0.5, 0.6) is 0 Å². The van der Waals surface area contributed by atoms with Crippen LogP contribution in [0, 0.1) is 11.3 Å². The number of hydrogen-bond acceptors (Lipinski definition) is 3. The molecule has 0 aliphatic heterocycles. The summed E-state index contributed by atoms with van der Waals surface area (Å²) in [7, 11) is 0. The predicted octanol–water partition coefficient (Wildman–Crippen LogP) is 3.67. The highest BCUT2D eigenvalue weighted by atomic mass is 79.9. The molecule has 0 radical (unpaired) electrons. The van der Waals surface area contributed by atoms with Crippen molar-refractivity contribution in [2.45, 2.75) is 19.4 Å². The van der Waals surface area contributed by atoms with E-state index in [1.165, 1.54) is 0 Å². The fourth-order valence-electron chi connectivity index (χ4n) is 1.43. The van der Waals surface area contributed by atoms with Gasteiger partial charge in [-0.15, -0.1) is 0 Å². The van der Waals surface area contributed by atoms with E-state index >= 15 is 0 Å². The van der Waals surface area contributed by atoms with E-state index in [4.69, 9.17) is 16.9 Å². The van der Waals surface area contributed by atoms with Crippen LogP contribution >= 0.6 is 27.5 Å². The summed E-state index contributed by atoms with van der Waals surface area (Å²) in [6.45, 7) is 3.54. The van der Waals surface area contributed by atoms with Crippen LogP contribution in [-0.2, 0) is 0 Å². The number of benzene rings is 1. The summed E-state index contributed by atoms with van der Waals surface area (Å²) in [6.07, 6.45) is 1.80. The molecule has 0 aliphatic carbocycles. The Labute approximate surface area is 120 Å². The maximum atomic E-state index is 10.2. The highest BCUT2D eigenvalue weighted by Gasteiger charge is 2.24. The third kappa shape index (κ3) is 3.49. The number of anilines is 1. The fraction of sp³-hybridized carbons (Fsp3) is 0.308. The SMILES string of the molecule is CC=C(Nc1ccc(C#N)c(Cl)c1)[C@](C)(O)CBr. The summed E-state index contributed by atoms with van der Waals surface area (Å²) in [5, 5.41) is 22.8. The Hall–Kier alpha value is -1.02. The van der Waals surface area contributed by atoms with Gasteiger partial charge in [0.25, 0.3) is 0 Å². The molecule has 0 saturated carbocycles. The molecule has 3 nitrogen and oxygen atoms in total. The largest absolute Gasteiger partial charge is 0.383 e. The van der Waals surface area contributed by atoms with Crippen molar-refractivity contribution in [2.24, 2.45) is 0 Å². The van der Waals surface area contributed by atoms with Gasteiger partial charge in [-0.05, 0) is 32.0 Å². The van der Waals surface area contributed by atoms with Gasteiger partial charge in [0.1, 0.15) is 11.7 Å². The molecule has 0 amide bonds. The van der Waals surface area contributed by atoms with Crippen molar-refractivity contribution in [3.8, 4) is 6.07 Å². The molecule has 1 aromatic rings. The maximum Gasteiger partial charge on any atom is 0.111 e. The van der Waals surface area contributed by atoms with Gasteiger partial charge in [-0.2, -0.15) is 5.26 Å². The van der Waals surface area contributed by atoms with Gasteiger partial charge in [0.2, 0.25) is 0 Å². The first-order chi connectivity index (χ1) is 8.44. The van der Waals surface area contributed by atoms with Crippen LogP contribution in [0.3, 0.4) is 0 Å². The molecule has 0 saturated heterocycles. The van der Waals surface area contributed by atoms with Crippen LogP contribution < -0.4 is 5.32 Å². The average molecular weight is 330 g/mol. The summed E-state index contributed by atoms with van der Waals surface area (Å²) in [5.74, 6) is 0. The number of allylic oxidation sites excluding steroid dienone is 1. The molecule has 0 aromatic heterocycles. The Morgan fingerprint density at radius 3 is 2.78 bits per heavy atom. The molecule has 0 heterocycles. The zero-order chi connectivity index (χ0) is 13.8. The van der Waals surface area contributed by atoms with Crippen LogP contribution in [0.25, 0.3) is 0 Å². The number of nitrogens with zero attached hydrogens (tertiary/aromatic N) is 1. The lowest BCUT2D eigenvalue weighted by Crippen LogP contribution is -2.32. The van der Waals surface area contributed by atoms with Crippen LogP contribution in [-0.4, -0.2) is 16.0 Å². The molecule has 96 valence electrons. The Balaban J connectivity index is 2.98. The number of nitriles is 1. The van der Waals surface area contributed by atoms with Crippen LogP contribution in [0.1, 0.15) is 19.4 Å². The number of rotatable bonds is 4. The first-order valence-corrected chi connectivity index (χ1v) is 6.86. The minimum Gasteiger partial charge on any atom is -0.383 e. The zero-order valence-corrected chi connectivity index (χ0v) is 12.5. The van der Waals surface area contributed by atoms with Crippen LogP contribution in [0.2, 0.25) is 5.02 Å². The first kappa shape index (κ1) is 15.0. The van der Waals surface area contributed by atoms with Gasteiger partial charge >= 0.3 is 0 Å². The minimum absolute atomic E-state index is 0.386. The minimum atomic E-state index is -0.991. The third-order valence-corrected chi connectivity index (χ3v) is 3.90. The quantitative estimate of drug-likeness (QED) is 0.829. The Bertz CT molecular complexity index is 506. The Morgan fingerprint density at radius 2 is 2.33 bits per heavy atom. The van der Waals surface area contributed by atoms with Crippen molar-refractivity contribution in [3.05, 3.63) is 40.6 Å². The molecule has 0 bridgehead atoms. The van der Waals surface area contributed by atoms with Gasteiger partial charge in [-0.25, -0.2) is 0 Å². The van der Waals surface area contributed by atoms with Gasteiger partial charge in [0, 0.05) is 16.7 Å². The van der Waals surface area contributed by atoms with Crippen LogP contribution in [0.15, 0.2) is 30.0 Å². The molecule has 0 unspecified atom stereocenters. The molecule has 2 N–H and O–H groups in total. The Kier molecular flexibility index (Phi) is 5.21. The van der Waals surface area contributed by atoms with E-state index in [1.807, 2.05) is 13.0 Å². The lowest BCUT2D eigenvalue weighted by Gasteiger charge is -2.25. The number of nitrogens with one attached hydrogen (secondary N) is 1. The van der Waals surface area contributed by atoms with Crippen molar-refractivity contribution in [1.82, 2.24) is 0 Å². The summed E-state index contributed by atoms with van der Waals surface area (Å²) < 4.78 is 0. The zero-order valence-electron chi connectivity index (χ0n) is 10.2. The monoisotopic (exact) mass is 328 g/mol. The van der Waals surface area contributed by atoms with Crippen molar-refractivity contribution in [3.63, 3.8) is 0 Å². The summed E-state index contributed by atoms with van der Waals surface area (Å²) >= 11 is 9.21. The van der Waals surface area contributed by atoms with Gasteiger partial charge in [-0.1, -0.05) is 33.6 Å². The van der Waals surface area contributed by atoms with E-state index in [0.29, 0.717) is 21.6 Å². The fourth-order valence-corrected chi connectivity index (χ4v) is 1.95. The number of alkyl halides is 1. The standard InChI is InChI=1S/C13H14BrClN2O/c1-3-12(13(2,18)8-14)17-10-5-4-9(7-16)11(15)6-10/h3-6,17-18H,8H2,1-2H3/t13-/m1/s1. The highest BCUT2D eigenvalue weighted by Crippen LogP contribution is 2.25. The second-order valence-corrected chi connectivity index (χ2v) is 5.01. The average Bonchev–Trinajstić information content (AvgIpc) is 2.35. The van der Waals surface area contributed by atoms with Gasteiger partial charge in [-0.3, -0.25) is 0 Å². The first-order valence-electron chi connectivity index (χ1n) is 5.36. The highest BCUT2D eigenvalue weighted by molar-refractivity contribution is 9.09. The molecule has 1 atom stereocenters. The van der Waals surface area contributed by atoms with Gasteiger partial charge < -0.3 is 10.4 Å². The van der Waals surface area contributed by atoms with Crippen molar-refractivity contribution in [2.75, 3.05) is 10.6 Å². The van der Waals surface area contributed by atoms with Gasteiger partial charge in [0.05, 0.1) is 10.6 Å². The summed E-state index contributed by atoms with van der Waals surface area (Å²) in [6, 6.07) is 7.05. The number of halogens is 2. The molecular weight excluding hydrogens is 316 g/mol. The topological polar surface area (TPSA) is 56.0 Å². The van der Waals surface area contributed by atoms with E-state index in [-0.39, 0.29) is 0 Å². The van der Waals surface area contributed by atoms with E-state index in [1.54, 1.807) is 31.2 Å². The molecule has 1 rings (SSSR count). The molecule has 5 heteroatoms. The molecular formula is C13H14BrClN2O. The number of aliphatic hydroxyl groups is 1. The molecule has 0 spiro atoms. The second kappa shape index (κ2) is 6.24. The predicted molar refractivity (Wildman–Crippen MR) is 78.0 cm³/mol. The van der Waals surface area contributed by atoms with E-state index < -0.39 is 5.60 Å².